The van der Waals surface area contributed by atoms with Gasteiger partial charge in [-0.3, -0.25) is 0 Å². The van der Waals surface area contributed by atoms with Gasteiger partial charge in [-0.15, -0.1) is 0 Å². The summed E-state index contributed by atoms with van der Waals surface area (Å²) >= 11 is 9.41. The molecule has 0 amide bonds. The van der Waals surface area contributed by atoms with E-state index in [1.54, 1.807) is 12.3 Å². The maximum atomic E-state index is 10.5. The van der Waals surface area contributed by atoms with Crippen LogP contribution in [0.1, 0.15) is 38.5 Å². The molecular weight excluding hydrogens is 316 g/mol. The van der Waals surface area contributed by atoms with Gasteiger partial charge in [-0.1, -0.05) is 37.3 Å². The summed E-state index contributed by atoms with van der Waals surface area (Å²) in [6, 6.07) is 1.80. The number of aromatic nitrogens is 1. The summed E-state index contributed by atoms with van der Waals surface area (Å²) in [6.45, 7) is 0.515. The van der Waals surface area contributed by atoms with Crippen LogP contribution in [0, 0.1) is 0 Å². The Hall–Kier alpha value is -0.320. The SMILES string of the molecule is OC1(CNc2ncc(Br)cc2Cl)CCCCCC1. The number of hydrogen-bond acceptors (Lipinski definition) is 3. The fourth-order valence-corrected chi connectivity index (χ4v) is 3.05. The number of pyridine rings is 1. The summed E-state index contributed by atoms with van der Waals surface area (Å²) < 4.78 is 0.853. The van der Waals surface area contributed by atoms with Crippen LogP contribution in [0.2, 0.25) is 5.02 Å². The van der Waals surface area contributed by atoms with Gasteiger partial charge in [0, 0.05) is 17.2 Å². The predicted molar refractivity (Wildman–Crippen MR) is 78.1 cm³/mol. The van der Waals surface area contributed by atoms with Gasteiger partial charge >= 0.3 is 0 Å². The third kappa shape index (κ3) is 3.84. The molecule has 0 aromatic carbocycles. The van der Waals surface area contributed by atoms with Gasteiger partial charge < -0.3 is 10.4 Å². The molecule has 0 unspecified atom stereocenters. The Morgan fingerprint density at radius 1 is 1.33 bits per heavy atom. The summed E-state index contributed by atoms with van der Waals surface area (Å²) in [5.41, 5.74) is -0.616. The van der Waals surface area contributed by atoms with Crippen molar-refractivity contribution in [1.82, 2.24) is 4.98 Å². The zero-order valence-electron chi connectivity index (χ0n) is 10.3. The van der Waals surface area contributed by atoms with Crippen molar-refractivity contribution >= 4 is 33.3 Å². The van der Waals surface area contributed by atoms with Crippen molar-refractivity contribution in [2.24, 2.45) is 0 Å². The van der Waals surface area contributed by atoms with Crippen LogP contribution in [0.25, 0.3) is 0 Å². The van der Waals surface area contributed by atoms with E-state index in [0.29, 0.717) is 17.4 Å². The highest BCUT2D eigenvalue weighted by atomic mass is 79.9. The Morgan fingerprint density at radius 3 is 2.61 bits per heavy atom. The second kappa shape index (κ2) is 6.22. The van der Waals surface area contributed by atoms with Gasteiger partial charge in [-0.25, -0.2) is 4.98 Å². The van der Waals surface area contributed by atoms with E-state index in [2.05, 4.69) is 26.2 Å². The average Bonchev–Trinajstić information content (AvgIpc) is 2.54. The summed E-state index contributed by atoms with van der Waals surface area (Å²) in [5, 5.41) is 14.3. The van der Waals surface area contributed by atoms with E-state index in [1.807, 2.05) is 0 Å². The lowest BCUT2D eigenvalue weighted by Crippen LogP contribution is -2.36. The minimum Gasteiger partial charge on any atom is -0.388 e. The smallest absolute Gasteiger partial charge is 0.144 e. The van der Waals surface area contributed by atoms with Gasteiger partial charge in [0.05, 0.1) is 10.6 Å². The Morgan fingerprint density at radius 2 is 2.00 bits per heavy atom. The highest BCUT2D eigenvalue weighted by Crippen LogP contribution is 2.28. The third-order valence-electron chi connectivity index (χ3n) is 3.43. The number of halogens is 2. The van der Waals surface area contributed by atoms with E-state index < -0.39 is 5.60 Å². The topological polar surface area (TPSA) is 45.1 Å². The molecule has 1 heterocycles. The molecule has 3 nitrogen and oxygen atoms in total. The predicted octanol–water partition coefficient (Wildman–Crippen LogP) is 3.99. The van der Waals surface area contributed by atoms with E-state index in [0.717, 1.165) is 30.2 Å². The lowest BCUT2D eigenvalue weighted by atomic mass is 9.94. The van der Waals surface area contributed by atoms with E-state index >= 15 is 0 Å². The minimum absolute atomic E-state index is 0.515. The van der Waals surface area contributed by atoms with Crippen LogP contribution in [0.15, 0.2) is 16.7 Å². The lowest BCUT2D eigenvalue weighted by Gasteiger charge is -2.27. The fraction of sp³-hybridized carbons (Fsp3) is 0.615. The van der Waals surface area contributed by atoms with Crippen LogP contribution >= 0.6 is 27.5 Å². The molecule has 2 rings (SSSR count). The fourth-order valence-electron chi connectivity index (χ4n) is 2.36. The molecule has 18 heavy (non-hydrogen) atoms. The summed E-state index contributed by atoms with van der Waals surface area (Å²) in [5.74, 6) is 0.637. The minimum atomic E-state index is -0.616. The Balaban J connectivity index is 1.97. The van der Waals surface area contributed by atoms with Crippen molar-refractivity contribution in [1.29, 1.82) is 0 Å². The van der Waals surface area contributed by atoms with Crippen LogP contribution in [0.4, 0.5) is 5.82 Å². The summed E-state index contributed by atoms with van der Waals surface area (Å²) in [7, 11) is 0. The second-order valence-electron chi connectivity index (χ2n) is 4.98. The van der Waals surface area contributed by atoms with Crippen molar-refractivity contribution < 1.29 is 5.11 Å². The molecule has 0 atom stereocenters. The molecule has 5 heteroatoms. The molecule has 1 aliphatic carbocycles. The average molecular weight is 334 g/mol. The first-order chi connectivity index (χ1) is 8.59. The van der Waals surface area contributed by atoms with Crippen molar-refractivity contribution in [3.05, 3.63) is 21.8 Å². The molecule has 1 fully saturated rings. The van der Waals surface area contributed by atoms with Crippen LogP contribution in [-0.2, 0) is 0 Å². The largest absolute Gasteiger partial charge is 0.388 e. The van der Waals surface area contributed by atoms with Crippen molar-refractivity contribution in [2.45, 2.75) is 44.1 Å². The van der Waals surface area contributed by atoms with Crippen LogP contribution in [-0.4, -0.2) is 22.2 Å². The Kier molecular flexibility index (Phi) is 4.87. The third-order valence-corrected chi connectivity index (χ3v) is 4.15. The number of hydrogen-bond donors (Lipinski definition) is 2. The normalized spacial score (nSPS) is 19.3. The molecule has 2 N–H and O–H groups in total. The van der Waals surface area contributed by atoms with E-state index in [1.165, 1.54) is 12.8 Å². The molecule has 100 valence electrons. The maximum absolute atomic E-state index is 10.5. The van der Waals surface area contributed by atoms with Gasteiger partial charge in [-0.2, -0.15) is 0 Å². The standard InChI is InChI=1S/C13H18BrClN2O/c14-10-7-11(15)12(16-8-10)17-9-13(18)5-3-1-2-4-6-13/h7-8,18H,1-6,9H2,(H,16,17). The quantitative estimate of drug-likeness (QED) is 0.822. The molecule has 0 saturated heterocycles. The van der Waals surface area contributed by atoms with Crippen molar-refractivity contribution in [3.63, 3.8) is 0 Å². The number of aliphatic hydroxyl groups is 1. The van der Waals surface area contributed by atoms with Crippen molar-refractivity contribution in [3.8, 4) is 0 Å². The molecule has 1 aromatic heterocycles. The Labute approximate surface area is 121 Å². The molecule has 0 radical (unpaired) electrons. The molecule has 1 aliphatic rings. The van der Waals surface area contributed by atoms with Crippen LogP contribution in [0.5, 0.6) is 0 Å². The molecule has 1 saturated carbocycles. The molecule has 0 aliphatic heterocycles. The first-order valence-electron chi connectivity index (χ1n) is 6.36. The number of anilines is 1. The van der Waals surface area contributed by atoms with Gasteiger partial charge in [0.2, 0.25) is 0 Å². The number of nitrogens with one attached hydrogen (secondary N) is 1. The van der Waals surface area contributed by atoms with Crippen LogP contribution in [0.3, 0.4) is 0 Å². The zero-order chi connectivity index (χ0) is 13.0. The number of rotatable bonds is 3. The Bertz CT molecular complexity index is 406. The molecule has 0 spiro atoms. The molecule has 0 bridgehead atoms. The first-order valence-corrected chi connectivity index (χ1v) is 7.53. The highest BCUT2D eigenvalue weighted by Gasteiger charge is 2.27. The lowest BCUT2D eigenvalue weighted by molar-refractivity contribution is 0.0380. The second-order valence-corrected chi connectivity index (χ2v) is 6.30. The number of nitrogens with zero attached hydrogens (tertiary/aromatic N) is 1. The van der Waals surface area contributed by atoms with E-state index in [4.69, 9.17) is 11.6 Å². The summed E-state index contributed by atoms with van der Waals surface area (Å²) in [4.78, 5) is 4.22. The van der Waals surface area contributed by atoms with E-state index in [-0.39, 0.29) is 0 Å². The van der Waals surface area contributed by atoms with Gasteiger partial charge in [0.1, 0.15) is 5.82 Å². The van der Waals surface area contributed by atoms with Gasteiger partial charge in [-0.05, 0) is 34.8 Å². The molecule has 1 aromatic rings. The van der Waals surface area contributed by atoms with Crippen molar-refractivity contribution in [2.75, 3.05) is 11.9 Å². The molecular formula is C13H18BrClN2O. The zero-order valence-corrected chi connectivity index (χ0v) is 12.6. The summed E-state index contributed by atoms with van der Waals surface area (Å²) in [6.07, 6.45) is 8.05. The maximum Gasteiger partial charge on any atom is 0.144 e. The first kappa shape index (κ1) is 14.1. The van der Waals surface area contributed by atoms with Gasteiger partial charge in [0.15, 0.2) is 0 Å². The monoisotopic (exact) mass is 332 g/mol. The highest BCUT2D eigenvalue weighted by molar-refractivity contribution is 9.10. The van der Waals surface area contributed by atoms with Crippen LogP contribution < -0.4 is 5.32 Å². The van der Waals surface area contributed by atoms with E-state index in [9.17, 15) is 5.11 Å². The van der Waals surface area contributed by atoms with Gasteiger partial charge in [0.25, 0.3) is 0 Å².